The van der Waals surface area contributed by atoms with Gasteiger partial charge in [-0.1, -0.05) is 78.9 Å². The SMILES string of the molecule is O=C1O[C@H](C(C(=O)c2ccccc2)c2ccccc2)c2ccccc21. The second-order valence-electron chi connectivity index (χ2n) is 6.03. The van der Waals surface area contributed by atoms with E-state index in [9.17, 15) is 9.59 Å². The summed E-state index contributed by atoms with van der Waals surface area (Å²) in [5, 5.41) is 0. The summed E-state index contributed by atoms with van der Waals surface area (Å²) in [6.07, 6.45) is -0.612. The minimum atomic E-state index is -0.612. The smallest absolute Gasteiger partial charge is 0.339 e. The van der Waals surface area contributed by atoms with Crippen molar-refractivity contribution in [1.29, 1.82) is 0 Å². The van der Waals surface area contributed by atoms with E-state index in [0.717, 1.165) is 11.1 Å². The molecule has 3 aromatic carbocycles. The number of hydrogen-bond acceptors (Lipinski definition) is 3. The van der Waals surface area contributed by atoms with E-state index in [1.54, 1.807) is 24.3 Å². The van der Waals surface area contributed by atoms with Crippen molar-refractivity contribution in [1.82, 2.24) is 0 Å². The number of ether oxygens (including phenoxy) is 1. The predicted octanol–water partition coefficient (Wildman–Crippen LogP) is 4.56. The minimum Gasteiger partial charge on any atom is -0.453 e. The van der Waals surface area contributed by atoms with Crippen molar-refractivity contribution in [2.45, 2.75) is 12.0 Å². The molecule has 0 spiro atoms. The van der Waals surface area contributed by atoms with Gasteiger partial charge in [0.15, 0.2) is 5.78 Å². The molecule has 0 saturated heterocycles. The first-order valence-electron chi connectivity index (χ1n) is 8.20. The number of carbonyl (C=O) groups excluding carboxylic acids is 2. The molecule has 0 N–H and O–H groups in total. The molecule has 0 amide bonds. The molecule has 0 saturated carbocycles. The Morgan fingerprint density at radius 2 is 1.40 bits per heavy atom. The minimum absolute atomic E-state index is 0.0543. The first kappa shape index (κ1) is 15.3. The average Bonchev–Trinajstić information content (AvgIpc) is 3.00. The van der Waals surface area contributed by atoms with Crippen LogP contribution in [0.2, 0.25) is 0 Å². The van der Waals surface area contributed by atoms with Crippen LogP contribution in [0.5, 0.6) is 0 Å². The van der Waals surface area contributed by atoms with Crippen LogP contribution in [0.25, 0.3) is 0 Å². The number of benzene rings is 3. The number of cyclic esters (lactones) is 1. The predicted molar refractivity (Wildman–Crippen MR) is 94.6 cm³/mol. The highest BCUT2D eigenvalue weighted by Gasteiger charge is 2.40. The van der Waals surface area contributed by atoms with Crippen molar-refractivity contribution in [3.8, 4) is 0 Å². The molecule has 0 fully saturated rings. The molecule has 0 radical (unpaired) electrons. The Balaban J connectivity index is 1.83. The second-order valence-corrected chi connectivity index (χ2v) is 6.03. The molecule has 1 aliphatic rings. The Morgan fingerprint density at radius 3 is 2.12 bits per heavy atom. The Hall–Kier alpha value is -3.20. The van der Waals surface area contributed by atoms with Crippen LogP contribution in [0.15, 0.2) is 84.9 Å². The summed E-state index contributed by atoms with van der Waals surface area (Å²) in [5.74, 6) is -1.00. The summed E-state index contributed by atoms with van der Waals surface area (Å²) >= 11 is 0. The van der Waals surface area contributed by atoms with Gasteiger partial charge in [-0.25, -0.2) is 4.79 Å². The van der Waals surface area contributed by atoms with Crippen LogP contribution in [-0.4, -0.2) is 11.8 Å². The van der Waals surface area contributed by atoms with E-state index in [0.29, 0.717) is 11.1 Å². The van der Waals surface area contributed by atoms with Gasteiger partial charge in [-0.05, 0) is 11.6 Å². The lowest BCUT2D eigenvalue weighted by Gasteiger charge is -2.23. The number of esters is 1. The van der Waals surface area contributed by atoms with Crippen molar-refractivity contribution < 1.29 is 14.3 Å². The molecule has 1 heterocycles. The quantitative estimate of drug-likeness (QED) is 0.521. The van der Waals surface area contributed by atoms with E-state index >= 15 is 0 Å². The van der Waals surface area contributed by atoms with Gasteiger partial charge in [-0.2, -0.15) is 0 Å². The average molecular weight is 328 g/mol. The highest BCUT2D eigenvalue weighted by Crippen LogP contribution is 2.42. The summed E-state index contributed by atoms with van der Waals surface area (Å²) in [4.78, 5) is 25.5. The zero-order valence-corrected chi connectivity index (χ0v) is 13.5. The molecule has 0 aliphatic carbocycles. The van der Waals surface area contributed by atoms with Gasteiger partial charge in [0.1, 0.15) is 6.10 Å². The zero-order valence-electron chi connectivity index (χ0n) is 13.5. The van der Waals surface area contributed by atoms with Gasteiger partial charge in [0.25, 0.3) is 0 Å². The molecule has 1 aliphatic heterocycles. The van der Waals surface area contributed by atoms with Gasteiger partial charge in [-0.3, -0.25) is 4.79 Å². The fraction of sp³-hybridized carbons (Fsp3) is 0.0909. The van der Waals surface area contributed by atoms with Crippen molar-refractivity contribution in [3.05, 3.63) is 107 Å². The van der Waals surface area contributed by atoms with E-state index < -0.39 is 12.0 Å². The first-order chi connectivity index (χ1) is 12.3. The van der Waals surface area contributed by atoms with Gasteiger partial charge in [-0.15, -0.1) is 0 Å². The van der Waals surface area contributed by atoms with Crippen LogP contribution in [0.4, 0.5) is 0 Å². The normalized spacial score (nSPS) is 16.8. The van der Waals surface area contributed by atoms with Gasteiger partial charge in [0.05, 0.1) is 11.5 Å². The first-order valence-corrected chi connectivity index (χ1v) is 8.20. The zero-order chi connectivity index (χ0) is 17.2. The maximum absolute atomic E-state index is 13.3. The molecule has 3 aromatic rings. The van der Waals surface area contributed by atoms with Crippen molar-refractivity contribution >= 4 is 11.8 Å². The molecular weight excluding hydrogens is 312 g/mol. The van der Waals surface area contributed by atoms with Crippen LogP contribution in [0.3, 0.4) is 0 Å². The second kappa shape index (κ2) is 6.36. The summed E-state index contributed by atoms with van der Waals surface area (Å²) in [7, 11) is 0. The monoisotopic (exact) mass is 328 g/mol. The van der Waals surface area contributed by atoms with Gasteiger partial charge in [0.2, 0.25) is 0 Å². The van der Waals surface area contributed by atoms with Crippen LogP contribution < -0.4 is 0 Å². The molecule has 4 rings (SSSR count). The standard InChI is InChI=1S/C22H16O3/c23-20(16-11-5-2-6-12-16)19(15-9-3-1-4-10-15)21-17-13-7-8-14-18(17)22(24)25-21/h1-14,19,21H/t19?,21-/m0/s1. The van der Waals surface area contributed by atoms with E-state index in [-0.39, 0.29) is 11.8 Å². The molecule has 3 nitrogen and oxygen atoms in total. The molecule has 3 heteroatoms. The van der Waals surface area contributed by atoms with Crippen LogP contribution in [-0.2, 0) is 4.74 Å². The summed E-state index contributed by atoms with van der Waals surface area (Å²) in [6, 6.07) is 25.9. The number of hydrogen-bond donors (Lipinski definition) is 0. The van der Waals surface area contributed by atoms with Crippen molar-refractivity contribution in [2.75, 3.05) is 0 Å². The topological polar surface area (TPSA) is 43.4 Å². The number of carbonyl (C=O) groups is 2. The Kier molecular flexibility index (Phi) is 3.90. The molecule has 0 bridgehead atoms. The largest absolute Gasteiger partial charge is 0.453 e. The maximum atomic E-state index is 13.3. The van der Waals surface area contributed by atoms with E-state index in [2.05, 4.69) is 0 Å². The molecule has 0 aromatic heterocycles. The van der Waals surface area contributed by atoms with E-state index in [1.165, 1.54) is 0 Å². The Bertz CT molecular complexity index is 916. The van der Waals surface area contributed by atoms with Crippen molar-refractivity contribution in [3.63, 3.8) is 0 Å². The fourth-order valence-electron chi connectivity index (χ4n) is 3.33. The number of ketones is 1. The van der Waals surface area contributed by atoms with Gasteiger partial charge in [0, 0.05) is 11.1 Å². The highest BCUT2D eigenvalue weighted by molar-refractivity contribution is 6.03. The van der Waals surface area contributed by atoms with E-state index in [4.69, 9.17) is 4.74 Å². The van der Waals surface area contributed by atoms with E-state index in [1.807, 2.05) is 60.7 Å². The lowest BCUT2D eigenvalue weighted by atomic mass is 9.83. The Morgan fingerprint density at radius 1 is 0.800 bits per heavy atom. The summed E-state index contributed by atoms with van der Waals surface area (Å²) in [6.45, 7) is 0. The summed E-state index contributed by atoms with van der Waals surface area (Å²) < 4.78 is 5.63. The molecule has 25 heavy (non-hydrogen) atoms. The third-order valence-corrected chi connectivity index (χ3v) is 4.52. The van der Waals surface area contributed by atoms with Gasteiger partial charge < -0.3 is 4.74 Å². The Labute approximate surface area is 145 Å². The van der Waals surface area contributed by atoms with Crippen LogP contribution in [0, 0.1) is 0 Å². The number of fused-ring (bicyclic) bond motifs is 1. The molecular formula is C22H16O3. The third-order valence-electron chi connectivity index (χ3n) is 4.52. The highest BCUT2D eigenvalue weighted by atomic mass is 16.5. The van der Waals surface area contributed by atoms with Gasteiger partial charge >= 0.3 is 5.97 Å². The van der Waals surface area contributed by atoms with Crippen LogP contribution >= 0.6 is 0 Å². The maximum Gasteiger partial charge on any atom is 0.339 e. The number of rotatable bonds is 4. The third kappa shape index (κ3) is 2.74. The number of Topliss-reactive ketones (excluding diaryl/α,β-unsaturated/α-hetero) is 1. The van der Waals surface area contributed by atoms with Crippen LogP contribution in [0.1, 0.15) is 43.9 Å². The molecule has 122 valence electrons. The fourth-order valence-corrected chi connectivity index (χ4v) is 3.33. The lowest BCUT2D eigenvalue weighted by Crippen LogP contribution is -2.21. The van der Waals surface area contributed by atoms with Crippen molar-refractivity contribution in [2.24, 2.45) is 0 Å². The lowest BCUT2D eigenvalue weighted by molar-refractivity contribution is 0.0322. The molecule has 2 atom stereocenters. The molecule has 1 unspecified atom stereocenters. The summed E-state index contributed by atoms with van der Waals surface area (Å²) in [5.41, 5.74) is 2.75.